The van der Waals surface area contributed by atoms with Crippen molar-refractivity contribution < 1.29 is 14.6 Å². The summed E-state index contributed by atoms with van der Waals surface area (Å²) in [5.74, 6) is 2.02. The molecule has 2 aromatic carbocycles. The summed E-state index contributed by atoms with van der Waals surface area (Å²) in [4.78, 5) is 15.7. The Hall–Kier alpha value is -1.89. The lowest BCUT2D eigenvalue weighted by atomic mass is 9.67. The molecule has 0 radical (unpaired) electrons. The molecule has 1 fully saturated rings. The summed E-state index contributed by atoms with van der Waals surface area (Å²) in [7, 11) is 0. The Balaban J connectivity index is 1.38. The zero-order chi connectivity index (χ0) is 27.1. The van der Waals surface area contributed by atoms with Crippen molar-refractivity contribution in [3.05, 3.63) is 58.1 Å². The Morgan fingerprint density at radius 2 is 2.00 bits per heavy atom. The van der Waals surface area contributed by atoms with E-state index < -0.39 is 0 Å². The molecule has 6 atom stereocenters. The minimum atomic E-state index is -0.255. The van der Waals surface area contributed by atoms with Crippen LogP contribution in [0.15, 0.2) is 36.4 Å². The van der Waals surface area contributed by atoms with E-state index in [0.29, 0.717) is 35.2 Å². The fourth-order valence-corrected chi connectivity index (χ4v) is 8.24. The second-order valence-electron chi connectivity index (χ2n) is 12.6. The van der Waals surface area contributed by atoms with E-state index in [1.165, 1.54) is 23.1 Å². The zero-order valence-corrected chi connectivity index (χ0v) is 24.7. The number of hydrogen-bond acceptors (Lipinski definition) is 5. The van der Waals surface area contributed by atoms with Crippen LogP contribution in [0.5, 0.6) is 5.75 Å². The van der Waals surface area contributed by atoms with Gasteiger partial charge in [0.05, 0.1) is 18.4 Å². The van der Waals surface area contributed by atoms with Crippen molar-refractivity contribution in [1.29, 1.82) is 0 Å². The number of aliphatic hydroxyl groups excluding tert-OH is 1. The van der Waals surface area contributed by atoms with Gasteiger partial charge in [-0.15, -0.1) is 0 Å². The molecule has 4 aliphatic rings. The Morgan fingerprint density at radius 1 is 1.13 bits per heavy atom. The molecule has 0 unspecified atom stereocenters. The van der Waals surface area contributed by atoms with Gasteiger partial charge in [-0.3, -0.25) is 9.52 Å². The highest BCUT2D eigenvalue weighted by Gasteiger charge is 2.44. The molecular formula is C32H41ClN2O3S. The number of carbonyl (C=O) groups is 1. The molecule has 1 spiro atoms. The second-order valence-corrected chi connectivity index (χ2v) is 14.3. The van der Waals surface area contributed by atoms with Crippen LogP contribution < -0.4 is 14.4 Å². The van der Waals surface area contributed by atoms with Gasteiger partial charge in [0.25, 0.3) is 5.91 Å². The number of halogens is 1. The molecule has 2 aliphatic carbocycles. The van der Waals surface area contributed by atoms with Gasteiger partial charge in [0.2, 0.25) is 0 Å². The summed E-state index contributed by atoms with van der Waals surface area (Å²) in [6.45, 7) is 6.74. The van der Waals surface area contributed by atoms with Crippen LogP contribution in [0.4, 0.5) is 5.69 Å². The van der Waals surface area contributed by atoms with Gasteiger partial charge < -0.3 is 14.7 Å². The van der Waals surface area contributed by atoms with Crippen LogP contribution in [0, 0.1) is 17.8 Å². The Bertz CT molecular complexity index is 1220. The maximum Gasteiger partial charge on any atom is 0.261 e. The smallest absolute Gasteiger partial charge is 0.261 e. The molecule has 0 saturated heterocycles. The third-order valence-electron chi connectivity index (χ3n) is 9.79. The molecule has 5 nitrogen and oxygen atoms in total. The maximum atomic E-state index is 13.2. The van der Waals surface area contributed by atoms with Gasteiger partial charge in [0.15, 0.2) is 0 Å². The number of carbonyl (C=O) groups excluding carboxylic acids is 1. The summed E-state index contributed by atoms with van der Waals surface area (Å²) in [6.07, 6.45) is 8.12. The lowest BCUT2D eigenvalue weighted by Gasteiger charge is -2.46. The monoisotopic (exact) mass is 568 g/mol. The number of rotatable bonds is 0. The van der Waals surface area contributed by atoms with E-state index in [-0.39, 0.29) is 17.4 Å². The van der Waals surface area contributed by atoms with Crippen LogP contribution >= 0.6 is 23.5 Å². The molecule has 7 heteroatoms. The fraction of sp³-hybridized carbons (Fsp3) is 0.594. The number of aryl methyl sites for hydroxylation is 1. The van der Waals surface area contributed by atoms with Crippen LogP contribution in [-0.2, 0) is 11.8 Å². The highest BCUT2D eigenvalue weighted by molar-refractivity contribution is 7.98. The molecule has 0 aromatic heterocycles. The maximum absolute atomic E-state index is 13.2. The first-order valence-corrected chi connectivity index (χ1v) is 16.0. The largest absolute Gasteiger partial charge is 0.490 e. The van der Waals surface area contributed by atoms with Crippen molar-refractivity contribution in [2.24, 2.45) is 17.8 Å². The SMILES string of the molecule is C[C@H]1CC[C@@H](C)SNC(=O)c2ccc3c(c2)N(C[C@@H]2CC[C@H]2[C@H](O)C1)C[C@@]1(CCCc2cc(Cl)ccc21)CO3. The van der Waals surface area contributed by atoms with Gasteiger partial charge in [-0.1, -0.05) is 31.5 Å². The fourth-order valence-electron chi connectivity index (χ4n) is 7.36. The number of fused-ring (bicyclic) bond motifs is 4. The second kappa shape index (κ2) is 11.2. The highest BCUT2D eigenvalue weighted by Crippen LogP contribution is 2.47. The van der Waals surface area contributed by atoms with E-state index in [9.17, 15) is 9.90 Å². The highest BCUT2D eigenvalue weighted by atomic mass is 35.5. The molecule has 1 saturated carbocycles. The first kappa shape index (κ1) is 27.3. The standard InChI is InChI=1S/C32H41ClN2O3S/c1-20-5-6-21(2)39-34-31(37)23-8-12-30-28(16-23)35(17-24-7-10-26(24)29(36)14-20)18-32(19-38-30)13-3-4-22-15-25(33)9-11-27(22)32/h8-9,11-12,15-16,20-21,24,26,29,36H,3-7,10,13-14,17-19H2,1-2H3,(H,34,37)/t20-,21+,24-,26+,29+,32-/m0/s1. The molecule has 39 heavy (non-hydrogen) atoms. The van der Waals surface area contributed by atoms with E-state index >= 15 is 0 Å². The predicted octanol–water partition coefficient (Wildman–Crippen LogP) is 6.79. The lowest BCUT2D eigenvalue weighted by Crippen LogP contribution is -2.49. The van der Waals surface area contributed by atoms with Crippen LogP contribution in [-0.4, -0.2) is 42.1 Å². The molecule has 2 bridgehead atoms. The van der Waals surface area contributed by atoms with Crippen molar-refractivity contribution >= 4 is 35.1 Å². The number of nitrogens with one attached hydrogen (secondary N) is 1. The minimum Gasteiger partial charge on any atom is -0.490 e. The predicted molar refractivity (Wildman–Crippen MR) is 160 cm³/mol. The van der Waals surface area contributed by atoms with Gasteiger partial charge in [-0.05, 0) is 123 Å². The Labute approximate surface area is 242 Å². The molecule has 210 valence electrons. The van der Waals surface area contributed by atoms with E-state index in [4.69, 9.17) is 16.3 Å². The summed E-state index contributed by atoms with van der Waals surface area (Å²) < 4.78 is 9.69. The van der Waals surface area contributed by atoms with E-state index in [0.717, 1.165) is 80.9 Å². The first-order chi connectivity index (χ1) is 18.8. The van der Waals surface area contributed by atoms with Crippen LogP contribution in [0.3, 0.4) is 0 Å². The van der Waals surface area contributed by atoms with E-state index in [1.807, 2.05) is 24.3 Å². The number of benzene rings is 2. The number of ether oxygens (including phenoxy) is 1. The average molecular weight is 569 g/mol. The molecule has 2 aromatic rings. The van der Waals surface area contributed by atoms with Crippen LogP contribution in [0.2, 0.25) is 5.02 Å². The third-order valence-corrected chi connectivity index (χ3v) is 11.0. The molecule has 6 rings (SSSR count). The lowest BCUT2D eigenvalue weighted by molar-refractivity contribution is 0.00131. The zero-order valence-electron chi connectivity index (χ0n) is 23.1. The molecule has 2 aliphatic heterocycles. The number of anilines is 1. The van der Waals surface area contributed by atoms with Crippen LogP contribution in [0.1, 0.15) is 80.3 Å². The third kappa shape index (κ3) is 5.54. The molecule has 1 amide bonds. The van der Waals surface area contributed by atoms with Crippen molar-refractivity contribution in [1.82, 2.24) is 4.72 Å². The Morgan fingerprint density at radius 3 is 2.82 bits per heavy atom. The Kier molecular flexibility index (Phi) is 7.82. The van der Waals surface area contributed by atoms with Crippen molar-refractivity contribution in [2.75, 3.05) is 24.6 Å². The van der Waals surface area contributed by atoms with Gasteiger partial charge in [0.1, 0.15) is 5.75 Å². The van der Waals surface area contributed by atoms with Gasteiger partial charge in [0, 0.05) is 34.3 Å². The topological polar surface area (TPSA) is 61.8 Å². The van der Waals surface area contributed by atoms with Gasteiger partial charge >= 0.3 is 0 Å². The molecule has 2 N–H and O–H groups in total. The number of amides is 1. The first-order valence-electron chi connectivity index (χ1n) is 14.8. The quantitative estimate of drug-likeness (QED) is 0.343. The van der Waals surface area contributed by atoms with Crippen LogP contribution in [0.25, 0.3) is 0 Å². The van der Waals surface area contributed by atoms with Crippen molar-refractivity contribution in [3.8, 4) is 5.75 Å². The number of nitrogens with zero attached hydrogens (tertiary/aromatic N) is 1. The van der Waals surface area contributed by atoms with Crippen molar-refractivity contribution in [3.63, 3.8) is 0 Å². The van der Waals surface area contributed by atoms with E-state index in [1.54, 1.807) is 0 Å². The summed E-state index contributed by atoms with van der Waals surface area (Å²) in [5, 5.41) is 12.4. The molecule has 2 heterocycles. The summed E-state index contributed by atoms with van der Waals surface area (Å²) >= 11 is 7.91. The normalized spacial score (nSPS) is 33.2. The number of hydrogen-bond donors (Lipinski definition) is 2. The van der Waals surface area contributed by atoms with Crippen molar-refractivity contribution in [2.45, 2.75) is 82.0 Å². The molecular weight excluding hydrogens is 528 g/mol. The minimum absolute atomic E-state index is 0.0525. The average Bonchev–Trinajstić information content (AvgIpc) is 3.05. The van der Waals surface area contributed by atoms with Gasteiger partial charge in [-0.25, -0.2) is 0 Å². The number of aliphatic hydroxyl groups is 1. The van der Waals surface area contributed by atoms with E-state index in [2.05, 4.69) is 35.6 Å². The summed E-state index contributed by atoms with van der Waals surface area (Å²) in [6, 6.07) is 12.3. The summed E-state index contributed by atoms with van der Waals surface area (Å²) in [5.41, 5.74) is 4.20. The van der Waals surface area contributed by atoms with Gasteiger partial charge in [-0.2, -0.15) is 0 Å².